The maximum atomic E-state index is 12.8. The van der Waals surface area contributed by atoms with Gasteiger partial charge in [-0.1, -0.05) is 30.3 Å². The van der Waals surface area contributed by atoms with Gasteiger partial charge in [-0.15, -0.1) is 0 Å². The number of ether oxygens (including phenoxy) is 1. The van der Waals surface area contributed by atoms with Crippen LogP contribution in [-0.4, -0.2) is 48.7 Å². The number of nitrogens with zero attached hydrogens (tertiary/aromatic N) is 3. The fourth-order valence-corrected chi connectivity index (χ4v) is 3.70. The Labute approximate surface area is 172 Å². The first-order valence-electron chi connectivity index (χ1n) is 10.1. The topological polar surface area (TPSA) is 37.7 Å². The van der Waals surface area contributed by atoms with Crippen molar-refractivity contribution < 1.29 is 9.53 Å². The zero-order valence-corrected chi connectivity index (χ0v) is 16.8. The average molecular weight is 389 g/mol. The summed E-state index contributed by atoms with van der Waals surface area (Å²) in [5, 5.41) is 0. The van der Waals surface area contributed by atoms with Crippen LogP contribution in [-0.2, 0) is 22.5 Å². The molecule has 1 aliphatic rings. The molecule has 29 heavy (non-hydrogen) atoms. The van der Waals surface area contributed by atoms with E-state index < -0.39 is 0 Å². The molecule has 1 saturated heterocycles. The number of benzene rings is 2. The third kappa shape index (κ3) is 4.69. The van der Waals surface area contributed by atoms with Crippen molar-refractivity contribution in [3.63, 3.8) is 0 Å². The van der Waals surface area contributed by atoms with E-state index in [0.717, 1.165) is 37.6 Å². The second-order valence-electron chi connectivity index (χ2n) is 7.41. The molecule has 1 fully saturated rings. The molecule has 0 aliphatic carbocycles. The number of rotatable bonds is 6. The molecule has 0 bridgehead atoms. The molecule has 0 saturated carbocycles. The van der Waals surface area contributed by atoms with Crippen LogP contribution in [0.15, 0.2) is 73.1 Å². The van der Waals surface area contributed by atoms with Gasteiger partial charge in [0, 0.05) is 50.5 Å². The quantitative estimate of drug-likeness (QED) is 0.647. The summed E-state index contributed by atoms with van der Waals surface area (Å²) in [7, 11) is 1.88. The molecular formula is C24H27N3O2. The second-order valence-corrected chi connectivity index (χ2v) is 7.41. The number of hydrogen-bond acceptors (Lipinski definition) is 3. The van der Waals surface area contributed by atoms with Gasteiger partial charge >= 0.3 is 0 Å². The molecule has 2 aromatic carbocycles. The van der Waals surface area contributed by atoms with Gasteiger partial charge in [-0.2, -0.15) is 0 Å². The Morgan fingerprint density at radius 3 is 2.38 bits per heavy atom. The molecule has 1 amide bonds. The average Bonchev–Trinajstić information content (AvgIpc) is 3.30. The van der Waals surface area contributed by atoms with Crippen LogP contribution in [0.3, 0.4) is 0 Å². The van der Waals surface area contributed by atoms with Crippen molar-refractivity contribution in [3.05, 3.63) is 84.2 Å². The Morgan fingerprint density at radius 1 is 0.966 bits per heavy atom. The van der Waals surface area contributed by atoms with Crippen molar-refractivity contribution in [3.8, 4) is 5.69 Å². The Morgan fingerprint density at radius 2 is 1.66 bits per heavy atom. The summed E-state index contributed by atoms with van der Waals surface area (Å²) in [4.78, 5) is 17.0. The molecule has 1 aliphatic heterocycles. The number of aromatic nitrogens is 1. The van der Waals surface area contributed by atoms with Crippen molar-refractivity contribution in [2.45, 2.75) is 13.0 Å². The summed E-state index contributed by atoms with van der Waals surface area (Å²) in [5.74, 6) is 0.121. The summed E-state index contributed by atoms with van der Waals surface area (Å²) in [6.07, 6.45) is 4.43. The molecule has 4 rings (SSSR count). The van der Waals surface area contributed by atoms with Crippen molar-refractivity contribution >= 4 is 11.6 Å². The maximum Gasteiger partial charge on any atom is 0.227 e. The molecule has 2 heterocycles. The predicted octanol–water partition coefficient (Wildman–Crippen LogP) is 3.52. The molecule has 0 unspecified atom stereocenters. The molecular weight excluding hydrogens is 362 g/mol. The molecule has 150 valence electrons. The number of para-hydroxylation sites is 1. The third-order valence-electron chi connectivity index (χ3n) is 5.37. The van der Waals surface area contributed by atoms with E-state index in [2.05, 4.69) is 39.8 Å². The molecule has 1 aromatic heterocycles. The minimum absolute atomic E-state index is 0.121. The Kier molecular flexibility index (Phi) is 5.96. The number of morpholine rings is 1. The van der Waals surface area contributed by atoms with Gasteiger partial charge in [0.1, 0.15) is 0 Å². The summed E-state index contributed by atoms with van der Waals surface area (Å²) < 4.78 is 7.53. The van der Waals surface area contributed by atoms with Gasteiger partial charge in [-0.25, -0.2) is 0 Å². The summed E-state index contributed by atoms with van der Waals surface area (Å²) in [6.45, 7) is 3.89. The van der Waals surface area contributed by atoms with Gasteiger partial charge in [-0.3, -0.25) is 4.79 Å². The minimum Gasteiger partial charge on any atom is -0.378 e. The Hall–Kier alpha value is -3.05. The molecule has 0 radical (unpaired) electrons. The highest BCUT2D eigenvalue weighted by molar-refractivity contribution is 5.78. The molecule has 5 nitrogen and oxygen atoms in total. The highest BCUT2D eigenvalue weighted by Gasteiger charge is 2.17. The number of hydrogen-bond donors (Lipinski definition) is 0. The fraction of sp³-hybridized carbons (Fsp3) is 0.292. The van der Waals surface area contributed by atoms with E-state index in [0.29, 0.717) is 13.0 Å². The fourth-order valence-electron chi connectivity index (χ4n) is 3.70. The first-order valence-corrected chi connectivity index (χ1v) is 10.1. The minimum atomic E-state index is 0.121. The Bertz CT molecular complexity index is 929. The van der Waals surface area contributed by atoms with E-state index in [1.165, 1.54) is 11.3 Å². The molecule has 0 N–H and O–H groups in total. The lowest BCUT2D eigenvalue weighted by atomic mass is 10.1. The van der Waals surface area contributed by atoms with Crippen LogP contribution in [0.2, 0.25) is 0 Å². The van der Waals surface area contributed by atoms with Crippen LogP contribution in [0.5, 0.6) is 0 Å². The zero-order chi connectivity index (χ0) is 20.1. The molecule has 5 heteroatoms. The SMILES string of the molecule is CN(Cc1ccccc1N1CCOCC1)C(=O)Cc1ccc(-n2cccc2)cc1. The largest absolute Gasteiger partial charge is 0.378 e. The van der Waals surface area contributed by atoms with Gasteiger partial charge in [0.15, 0.2) is 0 Å². The van der Waals surface area contributed by atoms with Crippen molar-refractivity contribution in [1.82, 2.24) is 9.47 Å². The van der Waals surface area contributed by atoms with Crippen molar-refractivity contribution in [2.24, 2.45) is 0 Å². The van der Waals surface area contributed by atoms with Crippen molar-refractivity contribution in [2.75, 3.05) is 38.3 Å². The lowest BCUT2D eigenvalue weighted by Crippen LogP contribution is -2.37. The molecule has 0 spiro atoms. The highest BCUT2D eigenvalue weighted by Crippen LogP contribution is 2.23. The van der Waals surface area contributed by atoms with Crippen LogP contribution in [0.25, 0.3) is 5.69 Å². The van der Waals surface area contributed by atoms with E-state index in [9.17, 15) is 4.79 Å². The Balaban J connectivity index is 1.40. The van der Waals surface area contributed by atoms with E-state index in [4.69, 9.17) is 4.74 Å². The smallest absolute Gasteiger partial charge is 0.227 e. The number of carbonyl (C=O) groups is 1. The van der Waals surface area contributed by atoms with E-state index in [1.54, 1.807) is 0 Å². The standard InChI is InChI=1S/C24H27N3O2/c1-25(19-21-6-2-3-7-23(21)27-14-16-29-17-15-27)24(28)18-20-8-10-22(11-9-20)26-12-4-5-13-26/h2-13H,14-19H2,1H3. The predicted molar refractivity (Wildman–Crippen MR) is 115 cm³/mol. The number of anilines is 1. The van der Waals surface area contributed by atoms with Gasteiger partial charge in [-0.05, 0) is 41.5 Å². The normalized spacial score (nSPS) is 14.0. The second kappa shape index (κ2) is 8.97. The van der Waals surface area contributed by atoms with Crippen molar-refractivity contribution in [1.29, 1.82) is 0 Å². The highest BCUT2D eigenvalue weighted by atomic mass is 16.5. The number of carbonyl (C=O) groups excluding carboxylic acids is 1. The first kappa shape index (κ1) is 19.3. The van der Waals surface area contributed by atoms with E-state index in [-0.39, 0.29) is 5.91 Å². The number of likely N-dealkylation sites (N-methyl/N-ethyl adjacent to an activating group) is 1. The maximum absolute atomic E-state index is 12.8. The van der Waals surface area contributed by atoms with Gasteiger partial charge in [0.25, 0.3) is 0 Å². The summed E-state index contributed by atoms with van der Waals surface area (Å²) in [5.41, 5.74) is 4.50. The van der Waals surface area contributed by atoms with Crippen LogP contribution >= 0.6 is 0 Å². The van der Waals surface area contributed by atoms with Crippen LogP contribution in [0, 0.1) is 0 Å². The first-order chi connectivity index (χ1) is 14.2. The number of amides is 1. The summed E-state index contributed by atoms with van der Waals surface area (Å²) in [6, 6.07) is 20.5. The lowest BCUT2D eigenvalue weighted by Gasteiger charge is -2.31. The van der Waals surface area contributed by atoms with Gasteiger partial charge < -0.3 is 19.1 Å². The third-order valence-corrected chi connectivity index (χ3v) is 5.37. The lowest BCUT2D eigenvalue weighted by molar-refractivity contribution is -0.129. The van der Waals surface area contributed by atoms with Crippen LogP contribution in [0.4, 0.5) is 5.69 Å². The van der Waals surface area contributed by atoms with Gasteiger partial charge in [0.2, 0.25) is 5.91 Å². The summed E-state index contributed by atoms with van der Waals surface area (Å²) >= 11 is 0. The van der Waals surface area contributed by atoms with Crippen LogP contribution in [0.1, 0.15) is 11.1 Å². The van der Waals surface area contributed by atoms with Crippen LogP contribution < -0.4 is 4.90 Å². The van der Waals surface area contributed by atoms with E-state index >= 15 is 0 Å². The molecule has 0 atom stereocenters. The monoisotopic (exact) mass is 389 g/mol. The zero-order valence-electron chi connectivity index (χ0n) is 16.8. The molecule has 3 aromatic rings. The van der Waals surface area contributed by atoms with E-state index in [1.807, 2.05) is 54.7 Å². The van der Waals surface area contributed by atoms with Gasteiger partial charge in [0.05, 0.1) is 19.6 Å².